The van der Waals surface area contributed by atoms with Gasteiger partial charge in [0, 0.05) is 44.8 Å². The third kappa shape index (κ3) is 7.87. The van der Waals surface area contributed by atoms with Crippen LogP contribution in [0.3, 0.4) is 0 Å². The van der Waals surface area contributed by atoms with Gasteiger partial charge in [-0.25, -0.2) is 0 Å². The van der Waals surface area contributed by atoms with Gasteiger partial charge in [0.05, 0.1) is 34.5 Å². The Kier molecular flexibility index (Phi) is 12.8. The number of amides is 1. The van der Waals surface area contributed by atoms with Gasteiger partial charge in [-0.1, -0.05) is 27.2 Å². The summed E-state index contributed by atoms with van der Waals surface area (Å²) in [6, 6.07) is 8.64. The summed E-state index contributed by atoms with van der Waals surface area (Å²) < 4.78 is 35.7. The van der Waals surface area contributed by atoms with E-state index in [-0.39, 0.29) is 42.4 Å². The molecule has 4 aliphatic rings. The summed E-state index contributed by atoms with van der Waals surface area (Å²) in [4.78, 5) is 19.7. The zero-order valence-corrected chi connectivity index (χ0v) is 33.2. The zero-order chi connectivity index (χ0) is 37.8. The summed E-state index contributed by atoms with van der Waals surface area (Å²) >= 11 is 0. The Labute approximate surface area is 316 Å². The number of ether oxygens (including phenoxy) is 6. The molecule has 0 aliphatic carbocycles. The Morgan fingerprint density at radius 3 is 2.11 bits per heavy atom. The fraction of sp³-hybridized carbons (Fsp3) is 0.651. The van der Waals surface area contributed by atoms with Gasteiger partial charge in [0.2, 0.25) is 6.29 Å². The smallest absolute Gasteiger partial charge is 0.289 e. The van der Waals surface area contributed by atoms with Crippen molar-refractivity contribution < 1.29 is 38.3 Å². The molecule has 53 heavy (non-hydrogen) atoms. The van der Waals surface area contributed by atoms with Gasteiger partial charge >= 0.3 is 0 Å². The highest BCUT2D eigenvalue weighted by Gasteiger charge is 2.45. The van der Waals surface area contributed by atoms with Gasteiger partial charge in [-0.05, 0) is 122 Å². The largest absolute Gasteiger partial charge is 0.493 e. The second kappa shape index (κ2) is 17.3. The average Bonchev–Trinajstić information content (AvgIpc) is 3.18. The van der Waals surface area contributed by atoms with E-state index in [0.29, 0.717) is 55.1 Å². The lowest BCUT2D eigenvalue weighted by Gasteiger charge is -2.49. The predicted octanol–water partition coefficient (Wildman–Crippen LogP) is 7.12. The number of allylic oxidation sites excluding steroid dienone is 1. The van der Waals surface area contributed by atoms with Crippen molar-refractivity contribution in [2.45, 2.75) is 91.0 Å². The van der Waals surface area contributed by atoms with Crippen molar-refractivity contribution in [3.63, 3.8) is 0 Å². The fourth-order valence-corrected chi connectivity index (χ4v) is 9.73. The van der Waals surface area contributed by atoms with Crippen LogP contribution in [-0.4, -0.2) is 88.4 Å². The normalized spacial score (nSPS) is 26.9. The molecule has 0 unspecified atom stereocenters. The average molecular weight is 735 g/mol. The van der Waals surface area contributed by atoms with E-state index in [9.17, 15) is 9.90 Å². The second-order valence-corrected chi connectivity index (χ2v) is 15.6. The van der Waals surface area contributed by atoms with Crippen LogP contribution in [0.2, 0.25) is 0 Å². The molecule has 4 aliphatic heterocycles. The minimum Gasteiger partial charge on any atom is -0.493 e. The summed E-state index contributed by atoms with van der Waals surface area (Å²) in [6.07, 6.45) is 7.54. The van der Waals surface area contributed by atoms with Crippen LogP contribution in [0.1, 0.15) is 94.1 Å². The molecule has 0 bridgehead atoms. The molecule has 0 spiro atoms. The van der Waals surface area contributed by atoms with Crippen molar-refractivity contribution in [3.8, 4) is 23.0 Å². The SMILES string of the molecule is CCO[C@H]1OC(C(=O)N2CCc3cc(OC)c(OC)cc3[C@H]2C[C@H]2C[C@H]3c4cc(OC)c(OC)cc4CCN3C[C@@H]2CC)=C[C@@H](C(C)C)[C@@H]1CCCO. The number of methoxy groups -OCH3 is 4. The molecule has 10 heteroatoms. The molecule has 0 aromatic heterocycles. The van der Waals surface area contributed by atoms with Crippen molar-refractivity contribution in [1.29, 1.82) is 0 Å². The van der Waals surface area contributed by atoms with Gasteiger partial charge in [0.1, 0.15) is 0 Å². The Bertz CT molecular complexity index is 1610. The minimum atomic E-state index is -0.543. The van der Waals surface area contributed by atoms with Crippen LogP contribution < -0.4 is 18.9 Å². The molecule has 2 aromatic rings. The topological polar surface area (TPSA) is 99.2 Å². The lowest BCUT2D eigenvalue weighted by Crippen LogP contribution is -2.48. The third-order valence-electron chi connectivity index (χ3n) is 12.5. The van der Waals surface area contributed by atoms with E-state index < -0.39 is 6.29 Å². The fourth-order valence-electron chi connectivity index (χ4n) is 9.73. The number of piperidine rings is 1. The molecule has 10 nitrogen and oxygen atoms in total. The lowest BCUT2D eigenvalue weighted by atomic mass is 9.72. The van der Waals surface area contributed by atoms with E-state index in [4.69, 9.17) is 28.4 Å². The lowest BCUT2D eigenvalue weighted by molar-refractivity contribution is -0.179. The van der Waals surface area contributed by atoms with Crippen molar-refractivity contribution in [2.24, 2.45) is 29.6 Å². The van der Waals surface area contributed by atoms with Crippen LogP contribution in [-0.2, 0) is 27.1 Å². The van der Waals surface area contributed by atoms with E-state index in [0.717, 1.165) is 62.3 Å². The molecule has 4 heterocycles. The zero-order valence-electron chi connectivity index (χ0n) is 33.2. The second-order valence-electron chi connectivity index (χ2n) is 15.6. The van der Waals surface area contributed by atoms with Gasteiger partial charge in [0.25, 0.3) is 5.91 Å². The Morgan fingerprint density at radius 1 is 0.887 bits per heavy atom. The van der Waals surface area contributed by atoms with Gasteiger partial charge in [-0.3, -0.25) is 9.69 Å². The van der Waals surface area contributed by atoms with Crippen molar-refractivity contribution >= 4 is 5.91 Å². The number of hydrogen-bond acceptors (Lipinski definition) is 9. The highest BCUT2D eigenvalue weighted by atomic mass is 16.7. The maximum Gasteiger partial charge on any atom is 0.289 e. The number of carbonyl (C=O) groups excluding carboxylic acids is 1. The number of aliphatic hydroxyl groups excluding tert-OH is 1. The number of fused-ring (bicyclic) bond motifs is 4. The maximum atomic E-state index is 15.0. The quantitative estimate of drug-likeness (QED) is 0.218. The van der Waals surface area contributed by atoms with Gasteiger partial charge in [-0.15, -0.1) is 0 Å². The number of hydrogen-bond donors (Lipinski definition) is 1. The van der Waals surface area contributed by atoms with Crippen molar-refractivity contribution in [1.82, 2.24) is 9.80 Å². The first-order chi connectivity index (χ1) is 25.7. The Balaban J connectivity index is 1.38. The number of carbonyl (C=O) groups is 1. The van der Waals surface area contributed by atoms with Crippen LogP contribution in [0.25, 0.3) is 0 Å². The van der Waals surface area contributed by atoms with E-state index in [1.807, 2.05) is 6.92 Å². The van der Waals surface area contributed by atoms with Crippen LogP contribution in [0, 0.1) is 29.6 Å². The molecular formula is C43H62N2O8. The van der Waals surface area contributed by atoms with Gasteiger partial charge < -0.3 is 38.4 Å². The summed E-state index contributed by atoms with van der Waals surface area (Å²) in [5.41, 5.74) is 4.97. The number of aliphatic hydroxyl groups is 1. The first-order valence-corrected chi connectivity index (χ1v) is 19.8. The van der Waals surface area contributed by atoms with Crippen LogP contribution in [0.15, 0.2) is 36.1 Å². The highest BCUT2D eigenvalue weighted by Crippen LogP contribution is 2.50. The number of nitrogens with zero attached hydrogens (tertiary/aromatic N) is 2. The molecule has 7 atom stereocenters. The molecule has 1 saturated heterocycles. The van der Waals surface area contributed by atoms with Gasteiger partial charge in [0.15, 0.2) is 28.8 Å². The summed E-state index contributed by atoms with van der Waals surface area (Å²) in [5.74, 6) is 4.48. The number of benzene rings is 2. The molecule has 6 rings (SSSR count). The van der Waals surface area contributed by atoms with E-state index in [1.54, 1.807) is 28.4 Å². The monoisotopic (exact) mass is 734 g/mol. The van der Waals surface area contributed by atoms with Crippen LogP contribution in [0.4, 0.5) is 0 Å². The number of rotatable bonds is 14. The van der Waals surface area contributed by atoms with E-state index >= 15 is 0 Å². The Hall–Kier alpha value is -3.47. The maximum absolute atomic E-state index is 15.0. The van der Waals surface area contributed by atoms with Crippen LogP contribution in [0.5, 0.6) is 23.0 Å². The molecule has 1 N–H and O–H groups in total. The van der Waals surface area contributed by atoms with Crippen molar-refractivity contribution in [2.75, 3.05) is 61.3 Å². The van der Waals surface area contributed by atoms with Crippen molar-refractivity contribution in [3.05, 3.63) is 58.4 Å². The molecule has 292 valence electrons. The molecule has 1 fully saturated rings. The summed E-state index contributed by atoms with van der Waals surface area (Å²) in [6.45, 7) is 11.9. The first kappa shape index (κ1) is 39.2. The molecule has 2 aromatic carbocycles. The summed E-state index contributed by atoms with van der Waals surface area (Å²) in [7, 11) is 6.75. The minimum absolute atomic E-state index is 0.0562. The van der Waals surface area contributed by atoms with Gasteiger partial charge in [-0.2, -0.15) is 0 Å². The van der Waals surface area contributed by atoms with E-state index in [2.05, 4.69) is 60.9 Å². The third-order valence-corrected chi connectivity index (χ3v) is 12.5. The standard InChI is InChI=1S/C43H62N2O8/c1-9-27-25-44-15-13-28-20-37(48-5)39(50-7)23-33(28)35(44)18-30(27)19-36-34-24-40(51-8)38(49-6)21-29(34)14-16-45(36)42(47)41-22-32(26(3)4)31(12-11-17-46)43(53-41)52-10-2/h20-24,26-27,30-32,35-36,43,46H,9-19,25H2,1-8H3/t27-,30+,31-,32-,35-,36+,43-/m0/s1. The molecular weight excluding hydrogens is 672 g/mol. The van der Waals surface area contributed by atoms with E-state index in [1.165, 1.54) is 16.7 Å². The molecule has 0 radical (unpaired) electrons. The highest BCUT2D eigenvalue weighted by molar-refractivity contribution is 5.92. The summed E-state index contributed by atoms with van der Waals surface area (Å²) in [5, 5.41) is 9.67. The molecule has 0 saturated carbocycles. The van der Waals surface area contributed by atoms with Crippen LogP contribution >= 0.6 is 0 Å². The first-order valence-electron chi connectivity index (χ1n) is 19.8. The predicted molar refractivity (Wildman–Crippen MR) is 204 cm³/mol. The Morgan fingerprint density at radius 2 is 1.51 bits per heavy atom. The molecule has 1 amide bonds.